The third-order valence-electron chi connectivity index (χ3n) is 4.51. The SMILES string of the molecule is COc1ccc(/C=C2/SC(=S)N(C(CC(=O)O)C(=O)O)C2=O)cc1OCc1ccccc1. The Labute approximate surface area is 193 Å². The summed E-state index contributed by atoms with van der Waals surface area (Å²) in [6.07, 6.45) is 0.795. The van der Waals surface area contributed by atoms with Crippen molar-refractivity contribution in [3.63, 3.8) is 0 Å². The first kappa shape index (κ1) is 23.3. The monoisotopic (exact) mass is 473 g/mol. The number of methoxy groups -OCH3 is 1. The maximum absolute atomic E-state index is 12.8. The van der Waals surface area contributed by atoms with E-state index in [-0.39, 0.29) is 9.23 Å². The summed E-state index contributed by atoms with van der Waals surface area (Å²) in [7, 11) is 1.52. The Morgan fingerprint density at radius 3 is 2.50 bits per heavy atom. The minimum absolute atomic E-state index is 0.0102. The molecule has 0 spiro atoms. The van der Waals surface area contributed by atoms with E-state index in [9.17, 15) is 19.5 Å². The molecule has 2 N–H and O–H groups in total. The summed E-state index contributed by atoms with van der Waals surface area (Å²) < 4.78 is 11.2. The molecule has 0 radical (unpaired) electrons. The summed E-state index contributed by atoms with van der Waals surface area (Å²) in [5.74, 6) is -2.46. The van der Waals surface area contributed by atoms with Crippen LogP contribution < -0.4 is 9.47 Å². The Hall–Kier alpha value is -3.37. The Morgan fingerprint density at radius 2 is 1.88 bits per heavy atom. The lowest BCUT2D eigenvalue weighted by Crippen LogP contribution is -2.45. The minimum Gasteiger partial charge on any atom is -0.493 e. The number of carbonyl (C=O) groups is 3. The van der Waals surface area contributed by atoms with Crippen molar-refractivity contribution in [1.82, 2.24) is 4.90 Å². The number of benzene rings is 2. The molecule has 0 aromatic heterocycles. The second-order valence-corrected chi connectivity index (χ2v) is 8.36. The van der Waals surface area contributed by atoms with Crippen LogP contribution in [0.4, 0.5) is 0 Å². The van der Waals surface area contributed by atoms with Crippen LogP contribution in [-0.2, 0) is 21.0 Å². The normalized spacial score (nSPS) is 15.7. The highest BCUT2D eigenvalue weighted by Gasteiger charge is 2.41. The molecule has 1 fully saturated rings. The summed E-state index contributed by atoms with van der Waals surface area (Å²) in [5.41, 5.74) is 1.58. The van der Waals surface area contributed by atoms with Gasteiger partial charge in [-0.1, -0.05) is 60.4 Å². The molecule has 1 heterocycles. The predicted molar refractivity (Wildman–Crippen MR) is 122 cm³/mol. The number of carboxylic acids is 2. The molecule has 1 saturated heterocycles. The zero-order valence-corrected chi connectivity index (χ0v) is 18.5. The number of thiocarbonyl (C=S) groups is 1. The number of thioether (sulfide) groups is 1. The highest BCUT2D eigenvalue weighted by molar-refractivity contribution is 8.26. The first-order valence-corrected chi connectivity index (χ1v) is 10.6. The zero-order chi connectivity index (χ0) is 23.3. The fourth-order valence-corrected chi connectivity index (χ4v) is 4.34. The van der Waals surface area contributed by atoms with Crippen LogP contribution in [0.15, 0.2) is 53.4 Å². The molecule has 1 amide bonds. The van der Waals surface area contributed by atoms with Gasteiger partial charge in [-0.2, -0.15) is 0 Å². The van der Waals surface area contributed by atoms with Crippen molar-refractivity contribution in [3.05, 3.63) is 64.6 Å². The van der Waals surface area contributed by atoms with Crippen molar-refractivity contribution in [1.29, 1.82) is 0 Å². The summed E-state index contributed by atoms with van der Waals surface area (Å²) >= 11 is 6.06. The average Bonchev–Trinajstić information content (AvgIpc) is 3.03. The molecular formula is C22H19NO7S2. The predicted octanol–water partition coefficient (Wildman–Crippen LogP) is 3.40. The Morgan fingerprint density at radius 1 is 1.16 bits per heavy atom. The molecule has 0 saturated carbocycles. The van der Waals surface area contributed by atoms with Crippen LogP contribution in [0.1, 0.15) is 17.5 Å². The molecule has 8 nitrogen and oxygen atoms in total. The molecule has 1 aliphatic heterocycles. The van der Waals surface area contributed by atoms with E-state index in [1.807, 2.05) is 30.3 Å². The first-order valence-electron chi connectivity index (χ1n) is 9.36. The molecule has 2 aromatic carbocycles. The fourth-order valence-electron chi connectivity index (χ4n) is 2.99. The van der Waals surface area contributed by atoms with Crippen molar-refractivity contribution >= 4 is 52.2 Å². The second kappa shape index (κ2) is 10.3. The number of hydrogen-bond donors (Lipinski definition) is 2. The molecule has 1 atom stereocenters. The number of rotatable bonds is 9. The number of nitrogens with zero attached hydrogens (tertiary/aromatic N) is 1. The number of aliphatic carboxylic acids is 2. The minimum atomic E-state index is -1.58. The van der Waals surface area contributed by atoms with Gasteiger partial charge in [0.25, 0.3) is 5.91 Å². The average molecular weight is 474 g/mol. The Kier molecular flexibility index (Phi) is 7.49. The quantitative estimate of drug-likeness (QED) is 0.418. The molecule has 3 rings (SSSR count). The molecule has 0 bridgehead atoms. The fraction of sp³-hybridized carbons (Fsp3) is 0.182. The Bertz CT molecular complexity index is 1080. The van der Waals surface area contributed by atoms with Crippen molar-refractivity contribution < 1.29 is 34.1 Å². The van der Waals surface area contributed by atoms with Crippen LogP contribution in [0.2, 0.25) is 0 Å². The van der Waals surface area contributed by atoms with E-state index in [0.29, 0.717) is 23.7 Å². The molecule has 32 heavy (non-hydrogen) atoms. The van der Waals surface area contributed by atoms with Gasteiger partial charge in [0.2, 0.25) is 0 Å². The van der Waals surface area contributed by atoms with Gasteiger partial charge in [0.15, 0.2) is 11.5 Å². The number of carboxylic acid groups (broad SMARTS) is 2. The smallest absolute Gasteiger partial charge is 0.327 e. The van der Waals surface area contributed by atoms with Gasteiger partial charge >= 0.3 is 11.9 Å². The van der Waals surface area contributed by atoms with Crippen LogP contribution in [0.25, 0.3) is 6.08 Å². The summed E-state index contributed by atoms with van der Waals surface area (Å²) in [5, 5.41) is 18.4. The van der Waals surface area contributed by atoms with Crippen LogP contribution in [0.5, 0.6) is 11.5 Å². The molecule has 10 heteroatoms. The second-order valence-electron chi connectivity index (χ2n) is 6.69. The van der Waals surface area contributed by atoms with E-state index < -0.39 is 30.3 Å². The van der Waals surface area contributed by atoms with E-state index in [4.69, 9.17) is 26.8 Å². The topological polar surface area (TPSA) is 113 Å². The number of carbonyl (C=O) groups excluding carboxylic acids is 1. The highest BCUT2D eigenvalue weighted by Crippen LogP contribution is 2.36. The lowest BCUT2D eigenvalue weighted by atomic mass is 10.1. The van der Waals surface area contributed by atoms with Gasteiger partial charge in [0, 0.05) is 0 Å². The standard InChI is InChI=1S/C22H19NO7S2/c1-29-16-8-7-14(9-17(16)30-12-13-5-3-2-4-6-13)10-18-20(26)23(22(31)32-18)15(21(27)28)11-19(24)25/h2-10,15H,11-12H2,1H3,(H,24,25)(H,27,28)/b18-10+. The molecule has 2 aromatic rings. The lowest BCUT2D eigenvalue weighted by molar-refractivity contribution is -0.150. The maximum Gasteiger partial charge on any atom is 0.327 e. The van der Waals surface area contributed by atoms with Crippen molar-refractivity contribution in [3.8, 4) is 11.5 Å². The van der Waals surface area contributed by atoms with E-state index >= 15 is 0 Å². The molecule has 166 valence electrons. The number of ether oxygens (including phenoxy) is 2. The number of amides is 1. The van der Waals surface area contributed by atoms with Crippen LogP contribution in [0, 0.1) is 0 Å². The van der Waals surface area contributed by atoms with Crippen LogP contribution >= 0.6 is 24.0 Å². The largest absolute Gasteiger partial charge is 0.493 e. The highest BCUT2D eigenvalue weighted by atomic mass is 32.2. The molecular weight excluding hydrogens is 454 g/mol. The van der Waals surface area contributed by atoms with Gasteiger partial charge in [0.1, 0.15) is 17.0 Å². The van der Waals surface area contributed by atoms with E-state index in [2.05, 4.69) is 0 Å². The van der Waals surface area contributed by atoms with Crippen molar-refractivity contribution in [2.24, 2.45) is 0 Å². The van der Waals surface area contributed by atoms with Crippen molar-refractivity contribution in [2.45, 2.75) is 19.1 Å². The van der Waals surface area contributed by atoms with Gasteiger partial charge in [-0.3, -0.25) is 14.5 Å². The van der Waals surface area contributed by atoms with E-state index in [0.717, 1.165) is 22.2 Å². The van der Waals surface area contributed by atoms with Gasteiger partial charge in [-0.05, 0) is 29.3 Å². The molecule has 1 aliphatic rings. The Balaban J connectivity index is 1.84. The van der Waals surface area contributed by atoms with Crippen LogP contribution in [0.3, 0.4) is 0 Å². The zero-order valence-electron chi connectivity index (χ0n) is 16.9. The molecule has 0 aliphatic carbocycles. The summed E-state index contributed by atoms with van der Waals surface area (Å²) in [4.78, 5) is 36.4. The van der Waals surface area contributed by atoms with Gasteiger partial charge < -0.3 is 19.7 Å². The van der Waals surface area contributed by atoms with Gasteiger partial charge in [-0.15, -0.1) is 0 Å². The van der Waals surface area contributed by atoms with Crippen LogP contribution in [-0.4, -0.2) is 50.4 Å². The van der Waals surface area contributed by atoms with Gasteiger partial charge in [-0.25, -0.2) is 4.79 Å². The third kappa shape index (κ3) is 5.45. The number of hydrogen-bond acceptors (Lipinski definition) is 7. The van der Waals surface area contributed by atoms with E-state index in [1.165, 1.54) is 7.11 Å². The summed E-state index contributed by atoms with van der Waals surface area (Å²) in [6.45, 7) is 0.318. The first-order chi connectivity index (χ1) is 15.3. The third-order valence-corrected chi connectivity index (χ3v) is 5.84. The van der Waals surface area contributed by atoms with Gasteiger partial charge in [0.05, 0.1) is 18.4 Å². The molecule has 1 unspecified atom stereocenters. The lowest BCUT2D eigenvalue weighted by Gasteiger charge is -2.21. The van der Waals surface area contributed by atoms with E-state index in [1.54, 1.807) is 24.3 Å². The maximum atomic E-state index is 12.8. The van der Waals surface area contributed by atoms with Crippen molar-refractivity contribution in [2.75, 3.05) is 7.11 Å². The summed E-state index contributed by atoms with van der Waals surface area (Å²) in [6, 6.07) is 13.1.